The van der Waals surface area contributed by atoms with Crippen molar-refractivity contribution in [1.82, 2.24) is 15.0 Å². The standard InChI is InChI=1S/C20H22N4O3S/c1-2-15-12-23-20(24-13-15)8-5-17-11-19(9-10-22-17)27-18-6-3-16(4-7-18)14-28(21,25)26/h3-4,6-7,9-13H,2,5,8,14H2,1H3,(H2,21,25,26). The summed E-state index contributed by atoms with van der Waals surface area (Å²) in [5.74, 6) is 1.85. The van der Waals surface area contributed by atoms with E-state index >= 15 is 0 Å². The van der Waals surface area contributed by atoms with E-state index in [2.05, 4.69) is 21.9 Å². The SMILES string of the molecule is CCc1cnc(CCc2cc(Oc3ccc(CS(N)(=O)=O)cc3)ccn2)nc1. The van der Waals surface area contributed by atoms with Crippen LogP contribution in [0.25, 0.3) is 0 Å². The van der Waals surface area contributed by atoms with Gasteiger partial charge >= 0.3 is 0 Å². The van der Waals surface area contributed by atoms with Gasteiger partial charge < -0.3 is 4.74 Å². The van der Waals surface area contributed by atoms with Crippen LogP contribution in [0.3, 0.4) is 0 Å². The van der Waals surface area contributed by atoms with Gasteiger partial charge in [0.05, 0.1) is 5.75 Å². The molecule has 0 fully saturated rings. The fourth-order valence-corrected chi connectivity index (χ4v) is 3.27. The first kappa shape index (κ1) is 19.9. The summed E-state index contributed by atoms with van der Waals surface area (Å²) in [6.07, 6.45) is 7.73. The molecule has 2 heterocycles. The quantitative estimate of drug-likeness (QED) is 0.625. The number of primary sulfonamides is 1. The Morgan fingerprint density at radius 1 is 0.929 bits per heavy atom. The van der Waals surface area contributed by atoms with Crippen molar-refractivity contribution in [2.45, 2.75) is 31.9 Å². The monoisotopic (exact) mass is 398 g/mol. The van der Waals surface area contributed by atoms with Crippen molar-refractivity contribution in [1.29, 1.82) is 0 Å². The lowest BCUT2D eigenvalue weighted by Crippen LogP contribution is -2.14. The summed E-state index contributed by atoms with van der Waals surface area (Å²) in [6.45, 7) is 2.07. The number of hydrogen-bond donors (Lipinski definition) is 1. The first-order chi connectivity index (χ1) is 13.4. The molecular weight excluding hydrogens is 376 g/mol. The number of benzene rings is 1. The van der Waals surface area contributed by atoms with Crippen molar-refractivity contribution in [2.24, 2.45) is 5.14 Å². The fraction of sp³-hybridized carbons (Fsp3) is 0.250. The van der Waals surface area contributed by atoms with Gasteiger partial charge in [0.15, 0.2) is 0 Å². The third-order valence-electron chi connectivity index (χ3n) is 4.09. The van der Waals surface area contributed by atoms with E-state index < -0.39 is 10.0 Å². The van der Waals surface area contributed by atoms with Crippen LogP contribution in [0.15, 0.2) is 55.0 Å². The van der Waals surface area contributed by atoms with Crippen molar-refractivity contribution in [3.8, 4) is 11.5 Å². The Bertz CT molecular complexity index is 1020. The predicted molar refractivity (Wildman–Crippen MR) is 106 cm³/mol. The zero-order valence-electron chi connectivity index (χ0n) is 15.6. The highest BCUT2D eigenvalue weighted by atomic mass is 32.2. The lowest BCUT2D eigenvalue weighted by atomic mass is 10.2. The van der Waals surface area contributed by atoms with E-state index in [1.165, 1.54) is 0 Å². The molecule has 0 bridgehead atoms. The molecule has 146 valence electrons. The second-order valence-electron chi connectivity index (χ2n) is 6.40. The average molecular weight is 398 g/mol. The second kappa shape index (κ2) is 8.90. The molecule has 0 saturated carbocycles. The van der Waals surface area contributed by atoms with Crippen LogP contribution in [0.4, 0.5) is 0 Å². The van der Waals surface area contributed by atoms with Gasteiger partial charge in [-0.3, -0.25) is 4.98 Å². The molecule has 0 aliphatic carbocycles. The van der Waals surface area contributed by atoms with Crippen LogP contribution in [-0.2, 0) is 35.0 Å². The molecule has 8 heteroatoms. The molecule has 0 aliphatic heterocycles. The number of nitrogens with zero attached hydrogens (tertiary/aromatic N) is 3. The molecule has 0 aliphatic rings. The molecule has 0 unspecified atom stereocenters. The van der Waals surface area contributed by atoms with Crippen LogP contribution in [0.1, 0.15) is 29.6 Å². The zero-order valence-corrected chi connectivity index (χ0v) is 16.4. The van der Waals surface area contributed by atoms with Gasteiger partial charge in [0.1, 0.15) is 17.3 Å². The number of pyridine rings is 1. The number of sulfonamides is 1. The van der Waals surface area contributed by atoms with Gasteiger partial charge in [-0.1, -0.05) is 19.1 Å². The highest BCUT2D eigenvalue weighted by molar-refractivity contribution is 7.88. The Morgan fingerprint density at radius 2 is 1.64 bits per heavy atom. The predicted octanol–water partition coefficient (Wildman–Crippen LogP) is 2.80. The van der Waals surface area contributed by atoms with Gasteiger partial charge in [-0.2, -0.15) is 0 Å². The van der Waals surface area contributed by atoms with Gasteiger partial charge in [0, 0.05) is 36.8 Å². The number of rotatable bonds is 8. The highest BCUT2D eigenvalue weighted by Gasteiger charge is 2.06. The molecule has 0 saturated heterocycles. The summed E-state index contributed by atoms with van der Waals surface area (Å²) >= 11 is 0. The van der Waals surface area contributed by atoms with Gasteiger partial charge in [-0.25, -0.2) is 23.5 Å². The van der Waals surface area contributed by atoms with E-state index in [-0.39, 0.29) is 5.75 Å². The van der Waals surface area contributed by atoms with Crippen molar-refractivity contribution >= 4 is 10.0 Å². The molecular formula is C20H22N4O3S. The van der Waals surface area contributed by atoms with E-state index in [0.717, 1.165) is 23.5 Å². The maximum Gasteiger partial charge on any atom is 0.213 e. The van der Waals surface area contributed by atoms with Gasteiger partial charge in [-0.15, -0.1) is 0 Å². The Balaban J connectivity index is 1.61. The molecule has 3 aromatic rings. The van der Waals surface area contributed by atoms with Crippen molar-refractivity contribution in [2.75, 3.05) is 0 Å². The summed E-state index contributed by atoms with van der Waals surface area (Å²) in [7, 11) is -3.55. The summed E-state index contributed by atoms with van der Waals surface area (Å²) in [5.41, 5.74) is 2.61. The van der Waals surface area contributed by atoms with E-state index in [1.807, 2.05) is 18.5 Å². The molecule has 28 heavy (non-hydrogen) atoms. The number of nitrogens with two attached hydrogens (primary N) is 1. The van der Waals surface area contributed by atoms with Crippen LogP contribution in [0.2, 0.25) is 0 Å². The Labute approximate surface area is 164 Å². The molecule has 7 nitrogen and oxygen atoms in total. The Kier molecular flexibility index (Phi) is 6.33. The van der Waals surface area contributed by atoms with Crippen LogP contribution in [-0.4, -0.2) is 23.4 Å². The van der Waals surface area contributed by atoms with Crippen molar-refractivity contribution in [3.05, 3.63) is 77.6 Å². The third-order valence-corrected chi connectivity index (χ3v) is 4.82. The molecule has 1 aromatic carbocycles. The molecule has 2 aromatic heterocycles. The maximum absolute atomic E-state index is 11.1. The van der Waals surface area contributed by atoms with E-state index in [1.54, 1.807) is 36.5 Å². The second-order valence-corrected chi connectivity index (χ2v) is 8.01. The lowest BCUT2D eigenvalue weighted by Gasteiger charge is -2.08. The van der Waals surface area contributed by atoms with Crippen LogP contribution in [0.5, 0.6) is 11.5 Å². The molecule has 0 amide bonds. The molecule has 2 N–H and O–H groups in total. The summed E-state index contributed by atoms with van der Waals surface area (Å²) in [5, 5.41) is 5.06. The Morgan fingerprint density at radius 3 is 2.29 bits per heavy atom. The zero-order chi connectivity index (χ0) is 20.0. The number of hydrogen-bond acceptors (Lipinski definition) is 6. The number of aryl methyl sites for hydroxylation is 3. The molecule has 0 atom stereocenters. The van der Waals surface area contributed by atoms with E-state index in [9.17, 15) is 8.42 Å². The maximum atomic E-state index is 11.1. The normalized spacial score (nSPS) is 11.4. The fourth-order valence-electron chi connectivity index (χ4n) is 2.61. The van der Waals surface area contributed by atoms with Crippen LogP contribution < -0.4 is 9.88 Å². The summed E-state index contributed by atoms with van der Waals surface area (Å²) in [4.78, 5) is 13.1. The summed E-state index contributed by atoms with van der Waals surface area (Å²) < 4.78 is 28.1. The highest BCUT2D eigenvalue weighted by Crippen LogP contribution is 2.22. The number of aromatic nitrogens is 3. The van der Waals surface area contributed by atoms with Crippen molar-refractivity contribution < 1.29 is 13.2 Å². The van der Waals surface area contributed by atoms with Crippen LogP contribution in [0, 0.1) is 0 Å². The smallest absolute Gasteiger partial charge is 0.213 e. The minimum atomic E-state index is -3.55. The average Bonchev–Trinajstić information content (AvgIpc) is 2.67. The molecule has 0 radical (unpaired) electrons. The van der Waals surface area contributed by atoms with E-state index in [4.69, 9.17) is 9.88 Å². The summed E-state index contributed by atoms with van der Waals surface area (Å²) in [6, 6.07) is 10.4. The minimum absolute atomic E-state index is 0.200. The Hall–Kier alpha value is -2.84. The minimum Gasteiger partial charge on any atom is -0.457 e. The van der Waals surface area contributed by atoms with Gasteiger partial charge in [0.2, 0.25) is 10.0 Å². The van der Waals surface area contributed by atoms with Crippen LogP contribution >= 0.6 is 0 Å². The molecule has 3 rings (SSSR count). The van der Waals surface area contributed by atoms with Gasteiger partial charge in [-0.05, 0) is 42.2 Å². The largest absolute Gasteiger partial charge is 0.457 e. The molecule has 0 spiro atoms. The van der Waals surface area contributed by atoms with Crippen molar-refractivity contribution in [3.63, 3.8) is 0 Å². The first-order valence-electron chi connectivity index (χ1n) is 8.93. The lowest BCUT2D eigenvalue weighted by molar-refractivity contribution is 0.480. The first-order valence-corrected chi connectivity index (χ1v) is 10.6. The topological polar surface area (TPSA) is 108 Å². The number of ether oxygens (including phenoxy) is 1. The third kappa shape index (κ3) is 6.11. The van der Waals surface area contributed by atoms with Gasteiger partial charge in [0.25, 0.3) is 0 Å². The van der Waals surface area contributed by atoms with E-state index in [0.29, 0.717) is 29.9 Å².